The molecule has 3 aromatic heterocycles. The lowest BCUT2D eigenvalue weighted by Gasteiger charge is -2.18. The van der Waals surface area contributed by atoms with E-state index in [1.54, 1.807) is 49.3 Å². The van der Waals surface area contributed by atoms with E-state index in [9.17, 15) is 14.6 Å². The molecule has 4 aromatic rings. The molecular formula is C26H30FN7O2. The third-order valence-electron chi connectivity index (χ3n) is 6.65. The van der Waals surface area contributed by atoms with Crippen LogP contribution in [-0.2, 0) is 12.0 Å². The quantitative estimate of drug-likeness (QED) is 0.321. The normalized spacial score (nSPS) is 18.2. The highest BCUT2D eigenvalue weighted by molar-refractivity contribution is 5.96. The lowest BCUT2D eigenvalue weighted by molar-refractivity contribution is 0.0745. The number of nitrogen functional groups attached to an aromatic ring is 1. The molecule has 5 N–H and O–H groups in total. The first-order chi connectivity index (χ1) is 17.1. The molecule has 188 valence electrons. The Kier molecular flexibility index (Phi) is 6.09. The van der Waals surface area contributed by atoms with E-state index in [4.69, 9.17) is 15.7 Å². The monoisotopic (exact) mass is 491 g/mol. The molecule has 0 aliphatic heterocycles. The summed E-state index contributed by atoms with van der Waals surface area (Å²) in [6.07, 6.45) is 7.72. The van der Waals surface area contributed by atoms with Gasteiger partial charge >= 0.3 is 0 Å². The molecule has 5 rings (SSSR count). The number of hydrogen-bond acceptors (Lipinski definition) is 8. The van der Waals surface area contributed by atoms with Crippen molar-refractivity contribution in [2.75, 3.05) is 11.1 Å². The molecule has 10 heteroatoms. The van der Waals surface area contributed by atoms with Gasteiger partial charge in [0.25, 0.3) is 0 Å². The van der Waals surface area contributed by atoms with Crippen molar-refractivity contribution in [2.24, 2.45) is 0 Å². The van der Waals surface area contributed by atoms with E-state index in [-0.39, 0.29) is 23.5 Å². The molecule has 2 atom stereocenters. The van der Waals surface area contributed by atoms with Crippen LogP contribution < -0.4 is 11.1 Å². The van der Waals surface area contributed by atoms with Crippen molar-refractivity contribution in [3.63, 3.8) is 0 Å². The fourth-order valence-corrected chi connectivity index (χ4v) is 4.69. The lowest BCUT2D eigenvalue weighted by atomic mass is 9.97. The number of anilines is 2. The first-order valence-electron chi connectivity index (χ1n) is 12.1. The molecule has 0 spiro atoms. The van der Waals surface area contributed by atoms with E-state index in [0.717, 1.165) is 24.1 Å². The van der Waals surface area contributed by atoms with Gasteiger partial charge < -0.3 is 21.3 Å². The molecule has 0 unspecified atom stereocenters. The summed E-state index contributed by atoms with van der Waals surface area (Å²) in [7, 11) is 0. The molecule has 0 saturated heterocycles. The van der Waals surface area contributed by atoms with Gasteiger partial charge in [0, 0.05) is 35.1 Å². The van der Waals surface area contributed by atoms with Gasteiger partial charge in [0.15, 0.2) is 5.82 Å². The van der Waals surface area contributed by atoms with E-state index >= 15 is 0 Å². The number of aryl methyl sites for hydroxylation is 1. The topological polar surface area (TPSA) is 135 Å². The third kappa shape index (κ3) is 4.49. The summed E-state index contributed by atoms with van der Waals surface area (Å²) in [5.74, 6) is 0.449. The van der Waals surface area contributed by atoms with Crippen LogP contribution in [-0.4, -0.2) is 47.1 Å². The van der Waals surface area contributed by atoms with Crippen LogP contribution in [0.25, 0.3) is 27.8 Å². The van der Waals surface area contributed by atoms with Crippen LogP contribution >= 0.6 is 0 Å². The molecule has 9 nitrogen and oxygen atoms in total. The number of pyridine rings is 1. The Hall–Kier alpha value is -3.63. The molecule has 1 aromatic carbocycles. The van der Waals surface area contributed by atoms with Gasteiger partial charge in [0.05, 0.1) is 29.3 Å². The van der Waals surface area contributed by atoms with Crippen LogP contribution in [0, 0.1) is 5.82 Å². The summed E-state index contributed by atoms with van der Waals surface area (Å²) in [5, 5.41) is 28.0. The number of nitrogens with one attached hydrogen (secondary N) is 1. The van der Waals surface area contributed by atoms with Crippen molar-refractivity contribution >= 4 is 22.7 Å². The minimum atomic E-state index is -1.29. The number of halogens is 1. The predicted molar refractivity (Wildman–Crippen MR) is 136 cm³/mol. The summed E-state index contributed by atoms with van der Waals surface area (Å²) in [6, 6.07) is 4.73. The van der Waals surface area contributed by atoms with Crippen molar-refractivity contribution < 1.29 is 14.6 Å². The SMILES string of the molecule is CCc1nc2c(N)ncc(-c3cnn(-c4ccc(C(C)(C)O)c(F)c4)c3)c2nc1N[C@@H]1CC[C@H](O)C1. The van der Waals surface area contributed by atoms with Crippen LogP contribution in [0.1, 0.15) is 51.3 Å². The van der Waals surface area contributed by atoms with Crippen molar-refractivity contribution in [3.8, 4) is 16.8 Å². The fourth-order valence-electron chi connectivity index (χ4n) is 4.69. The van der Waals surface area contributed by atoms with E-state index in [1.807, 2.05) is 6.92 Å². The Balaban J connectivity index is 1.55. The molecular weight excluding hydrogens is 461 g/mol. The minimum Gasteiger partial charge on any atom is -0.393 e. The van der Waals surface area contributed by atoms with Gasteiger partial charge in [-0.15, -0.1) is 0 Å². The highest BCUT2D eigenvalue weighted by Gasteiger charge is 2.25. The second-order valence-corrected chi connectivity index (χ2v) is 9.83. The number of aliphatic hydroxyl groups is 2. The molecule has 3 heterocycles. The smallest absolute Gasteiger partial charge is 0.151 e. The number of hydrogen-bond donors (Lipinski definition) is 4. The average molecular weight is 492 g/mol. The molecule has 1 saturated carbocycles. The number of aromatic nitrogens is 5. The Labute approximate surface area is 208 Å². The van der Waals surface area contributed by atoms with Gasteiger partial charge in [-0.3, -0.25) is 0 Å². The number of rotatable bonds is 6. The largest absolute Gasteiger partial charge is 0.393 e. The molecule has 1 aliphatic rings. The average Bonchev–Trinajstić information content (AvgIpc) is 3.47. The van der Waals surface area contributed by atoms with Gasteiger partial charge in [-0.2, -0.15) is 5.10 Å². The maximum Gasteiger partial charge on any atom is 0.151 e. The predicted octanol–water partition coefficient (Wildman–Crippen LogP) is 3.71. The summed E-state index contributed by atoms with van der Waals surface area (Å²) in [6.45, 7) is 5.09. The summed E-state index contributed by atoms with van der Waals surface area (Å²) in [4.78, 5) is 14.0. The Bertz CT molecular complexity index is 1430. The van der Waals surface area contributed by atoms with Crippen molar-refractivity contribution in [1.29, 1.82) is 0 Å². The molecule has 1 aliphatic carbocycles. The zero-order valence-electron chi connectivity index (χ0n) is 20.5. The summed E-state index contributed by atoms with van der Waals surface area (Å²) < 4.78 is 16.2. The van der Waals surface area contributed by atoms with Crippen LogP contribution in [0.3, 0.4) is 0 Å². The number of fused-ring (bicyclic) bond motifs is 1. The maximum atomic E-state index is 14.7. The van der Waals surface area contributed by atoms with Crippen molar-refractivity contribution in [2.45, 2.75) is 64.2 Å². The van der Waals surface area contributed by atoms with Gasteiger partial charge in [0.1, 0.15) is 22.7 Å². The van der Waals surface area contributed by atoms with Gasteiger partial charge in [-0.1, -0.05) is 13.0 Å². The van der Waals surface area contributed by atoms with Crippen LogP contribution in [0.5, 0.6) is 0 Å². The second-order valence-electron chi connectivity index (χ2n) is 9.83. The first kappa shape index (κ1) is 24.1. The molecule has 1 fully saturated rings. The number of nitrogens with zero attached hydrogens (tertiary/aromatic N) is 5. The highest BCUT2D eigenvalue weighted by Crippen LogP contribution is 2.32. The van der Waals surface area contributed by atoms with Crippen LogP contribution in [0.2, 0.25) is 0 Å². The van der Waals surface area contributed by atoms with Crippen LogP contribution in [0.4, 0.5) is 16.0 Å². The molecule has 36 heavy (non-hydrogen) atoms. The zero-order chi connectivity index (χ0) is 25.6. The van der Waals surface area contributed by atoms with Gasteiger partial charge in [0.2, 0.25) is 0 Å². The Morgan fingerprint density at radius 3 is 2.67 bits per heavy atom. The van der Waals surface area contributed by atoms with Gasteiger partial charge in [-0.25, -0.2) is 24.0 Å². The second kappa shape index (κ2) is 9.11. The first-order valence-corrected chi connectivity index (χ1v) is 12.1. The number of aliphatic hydroxyl groups excluding tert-OH is 1. The van der Waals surface area contributed by atoms with Crippen molar-refractivity contribution in [1.82, 2.24) is 24.7 Å². The summed E-state index contributed by atoms with van der Waals surface area (Å²) >= 11 is 0. The van der Waals surface area contributed by atoms with Crippen molar-refractivity contribution in [3.05, 3.63) is 53.9 Å². The molecule has 0 amide bonds. The molecule has 0 bridgehead atoms. The summed E-state index contributed by atoms with van der Waals surface area (Å²) in [5.41, 5.74) is 8.91. The fraction of sp³-hybridized carbons (Fsp3) is 0.385. The van der Waals surface area contributed by atoms with Crippen LogP contribution in [0.15, 0.2) is 36.8 Å². The van der Waals surface area contributed by atoms with E-state index in [2.05, 4.69) is 15.4 Å². The van der Waals surface area contributed by atoms with Gasteiger partial charge in [-0.05, 0) is 51.7 Å². The maximum absolute atomic E-state index is 14.7. The minimum absolute atomic E-state index is 0.129. The van der Waals surface area contributed by atoms with E-state index in [0.29, 0.717) is 40.9 Å². The highest BCUT2D eigenvalue weighted by atomic mass is 19.1. The lowest BCUT2D eigenvalue weighted by Crippen LogP contribution is -2.19. The standard InChI is InChI=1S/C26H30FN7O2/c1-4-21-25(31-15-5-7-17(35)9-15)33-22-18(12-29-24(28)23(22)32-21)14-11-30-34(13-14)16-6-8-19(20(27)10-16)26(2,3)36/h6,8,10-13,15,17,35-36H,4-5,7,9H2,1-3H3,(H2,28,29)(H,31,33)/t15-,17+/m1/s1. The Morgan fingerprint density at radius 1 is 1.19 bits per heavy atom. The Morgan fingerprint density at radius 2 is 2.00 bits per heavy atom. The van der Waals surface area contributed by atoms with E-state index < -0.39 is 11.4 Å². The molecule has 0 radical (unpaired) electrons. The number of nitrogens with two attached hydrogens (primary N) is 1. The zero-order valence-corrected chi connectivity index (χ0v) is 20.5. The number of benzene rings is 1. The third-order valence-corrected chi connectivity index (χ3v) is 6.65. The van der Waals surface area contributed by atoms with E-state index in [1.165, 1.54) is 6.07 Å².